The average Bonchev–Trinajstić information content (AvgIpc) is 2.05. The molecule has 0 saturated carbocycles. The highest BCUT2D eigenvalue weighted by Gasteiger charge is 2.20. The van der Waals surface area contributed by atoms with E-state index in [0.29, 0.717) is 6.04 Å². The summed E-state index contributed by atoms with van der Waals surface area (Å²) in [5, 5.41) is 0. The van der Waals surface area contributed by atoms with Gasteiger partial charge in [-0.15, -0.1) is 0 Å². The van der Waals surface area contributed by atoms with Crippen LogP contribution in [0.15, 0.2) is 0 Å². The zero-order valence-electron chi connectivity index (χ0n) is 6.55. The molecule has 0 aromatic carbocycles. The van der Waals surface area contributed by atoms with Crippen LogP contribution in [0.1, 0.15) is 12.8 Å². The van der Waals surface area contributed by atoms with Crippen LogP contribution in [0.5, 0.6) is 0 Å². The maximum Gasteiger partial charge on any atom is 0.283 e. The van der Waals surface area contributed by atoms with Gasteiger partial charge in [-0.25, -0.2) is 0 Å². The van der Waals surface area contributed by atoms with Gasteiger partial charge in [0.15, 0.2) is 0 Å². The summed E-state index contributed by atoms with van der Waals surface area (Å²) in [5.41, 5.74) is 0. The molecule has 0 N–H and O–H groups in total. The Morgan fingerprint density at radius 2 is 2.09 bits per heavy atom. The van der Waals surface area contributed by atoms with Gasteiger partial charge in [0.25, 0.3) is 3.91 Å². The summed E-state index contributed by atoms with van der Waals surface area (Å²) in [5.74, 6) is 0. The van der Waals surface area contributed by atoms with Crippen molar-refractivity contribution in [2.75, 3.05) is 20.3 Å². The van der Waals surface area contributed by atoms with Gasteiger partial charge in [-0.3, -0.25) is 4.79 Å². The highest BCUT2D eigenvalue weighted by Crippen LogP contribution is 2.14. The topological polar surface area (TPSA) is 29.5 Å². The van der Waals surface area contributed by atoms with E-state index >= 15 is 0 Å². The van der Waals surface area contributed by atoms with Gasteiger partial charge in [0.05, 0.1) is 0 Å². The minimum absolute atomic E-state index is 0.120. The molecular weight excluding hydrogens is 257 g/mol. The SMILES string of the molecule is CN(C(=O)I)C1CCOCC1. The van der Waals surface area contributed by atoms with E-state index in [1.54, 1.807) is 4.90 Å². The fourth-order valence-corrected chi connectivity index (χ4v) is 1.61. The molecular formula is C7H12INO2. The second kappa shape index (κ2) is 4.25. The number of nitrogens with zero attached hydrogens (tertiary/aromatic N) is 1. The van der Waals surface area contributed by atoms with E-state index in [4.69, 9.17) is 4.74 Å². The molecule has 1 saturated heterocycles. The van der Waals surface area contributed by atoms with Crippen LogP contribution in [0.2, 0.25) is 0 Å². The Labute approximate surface area is 80.2 Å². The van der Waals surface area contributed by atoms with Crippen LogP contribution in [0.4, 0.5) is 4.79 Å². The standard InChI is InChI=1S/C7H12INO2/c1-9(7(8)10)6-2-4-11-5-3-6/h6H,2-5H2,1H3. The van der Waals surface area contributed by atoms with Gasteiger partial charge in [-0.1, -0.05) is 0 Å². The lowest BCUT2D eigenvalue weighted by Gasteiger charge is -2.29. The fourth-order valence-electron chi connectivity index (χ4n) is 1.22. The van der Waals surface area contributed by atoms with Crippen molar-refractivity contribution in [3.05, 3.63) is 0 Å². The van der Waals surface area contributed by atoms with Crippen LogP contribution in [-0.2, 0) is 4.74 Å². The summed E-state index contributed by atoms with van der Waals surface area (Å²) in [6.07, 6.45) is 1.95. The molecule has 1 aliphatic heterocycles. The maximum absolute atomic E-state index is 10.9. The van der Waals surface area contributed by atoms with Gasteiger partial charge in [0, 0.05) is 48.9 Å². The van der Waals surface area contributed by atoms with Gasteiger partial charge in [-0.2, -0.15) is 0 Å². The number of ether oxygens (including phenoxy) is 1. The van der Waals surface area contributed by atoms with Crippen LogP contribution < -0.4 is 0 Å². The van der Waals surface area contributed by atoms with Crippen LogP contribution >= 0.6 is 22.6 Å². The summed E-state index contributed by atoms with van der Waals surface area (Å²) in [6.45, 7) is 1.58. The molecule has 0 unspecified atom stereocenters. The molecule has 1 heterocycles. The molecule has 0 radical (unpaired) electrons. The minimum Gasteiger partial charge on any atom is -0.381 e. The number of carbonyl (C=O) groups excluding carboxylic acids is 1. The lowest BCUT2D eigenvalue weighted by Crippen LogP contribution is -2.37. The third-order valence-electron chi connectivity index (χ3n) is 2.02. The van der Waals surface area contributed by atoms with Gasteiger partial charge in [0.2, 0.25) is 0 Å². The predicted octanol–water partition coefficient (Wildman–Crippen LogP) is 1.65. The number of amides is 1. The Kier molecular flexibility index (Phi) is 3.58. The molecule has 0 atom stereocenters. The normalized spacial score (nSPS) is 19.8. The van der Waals surface area contributed by atoms with Crippen LogP contribution in [0.3, 0.4) is 0 Å². The summed E-state index contributed by atoms with van der Waals surface area (Å²) < 4.78 is 5.31. The Bertz CT molecular complexity index is 145. The molecule has 4 heteroatoms. The monoisotopic (exact) mass is 269 g/mol. The third kappa shape index (κ3) is 2.59. The summed E-state index contributed by atoms with van der Waals surface area (Å²) in [4.78, 5) is 12.7. The molecule has 0 bridgehead atoms. The van der Waals surface area contributed by atoms with E-state index in [-0.39, 0.29) is 3.91 Å². The van der Waals surface area contributed by atoms with Crippen molar-refractivity contribution in [2.45, 2.75) is 18.9 Å². The van der Waals surface area contributed by atoms with E-state index in [2.05, 4.69) is 0 Å². The summed E-state index contributed by atoms with van der Waals surface area (Å²) in [6, 6.07) is 0.396. The van der Waals surface area contributed by atoms with Crippen molar-refractivity contribution in [1.29, 1.82) is 0 Å². The Morgan fingerprint density at radius 3 is 2.55 bits per heavy atom. The number of hydrogen-bond donors (Lipinski definition) is 0. The fraction of sp³-hybridized carbons (Fsp3) is 0.857. The molecule has 1 amide bonds. The largest absolute Gasteiger partial charge is 0.381 e. The molecule has 3 nitrogen and oxygen atoms in total. The van der Waals surface area contributed by atoms with E-state index in [9.17, 15) is 4.79 Å². The highest BCUT2D eigenvalue weighted by atomic mass is 127. The Hall–Kier alpha value is 0.160. The Morgan fingerprint density at radius 1 is 1.55 bits per heavy atom. The molecule has 64 valence electrons. The van der Waals surface area contributed by atoms with E-state index in [1.807, 2.05) is 29.6 Å². The first kappa shape index (κ1) is 9.25. The van der Waals surface area contributed by atoms with E-state index < -0.39 is 0 Å². The molecule has 1 rings (SSSR count). The molecule has 0 aromatic rings. The minimum atomic E-state index is 0.120. The predicted molar refractivity (Wildman–Crippen MR) is 51.0 cm³/mol. The van der Waals surface area contributed by atoms with Crippen molar-refractivity contribution in [3.63, 3.8) is 0 Å². The highest BCUT2D eigenvalue weighted by molar-refractivity contribution is 14.1. The first-order valence-electron chi connectivity index (χ1n) is 3.72. The number of rotatable bonds is 1. The van der Waals surface area contributed by atoms with Crippen molar-refractivity contribution in [2.24, 2.45) is 0 Å². The van der Waals surface area contributed by atoms with Crippen molar-refractivity contribution in [1.82, 2.24) is 4.90 Å². The van der Waals surface area contributed by atoms with Crippen molar-refractivity contribution >= 4 is 26.5 Å². The molecule has 0 aromatic heterocycles. The molecule has 0 spiro atoms. The molecule has 0 aliphatic carbocycles. The van der Waals surface area contributed by atoms with E-state index in [1.165, 1.54) is 0 Å². The van der Waals surface area contributed by atoms with Gasteiger partial charge in [-0.05, 0) is 12.8 Å². The summed E-state index contributed by atoms with van der Waals surface area (Å²) in [7, 11) is 1.85. The number of hydrogen-bond acceptors (Lipinski definition) is 2. The first-order chi connectivity index (χ1) is 5.22. The summed E-state index contributed by atoms with van der Waals surface area (Å²) >= 11 is 1.82. The third-order valence-corrected chi connectivity index (χ3v) is 2.78. The van der Waals surface area contributed by atoms with Crippen molar-refractivity contribution < 1.29 is 9.53 Å². The number of carbonyl (C=O) groups is 1. The quantitative estimate of drug-likeness (QED) is 0.411. The van der Waals surface area contributed by atoms with Crippen LogP contribution in [0, 0.1) is 0 Å². The number of halogens is 1. The second-order valence-electron chi connectivity index (χ2n) is 2.71. The second-order valence-corrected chi connectivity index (χ2v) is 3.63. The molecule has 1 fully saturated rings. The van der Waals surface area contributed by atoms with Crippen molar-refractivity contribution in [3.8, 4) is 0 Å². The zero-order chi connectivity index (χ0) is 8.27. The Balaban J connectivity index is 2.38. The van der Waals surface area contributed by atoms with Gasteiger partial charge in [0.1, 0.15) is 0 Å². The smallest absolute Gasteiger partial charge is 0.283 e. The maximum atomic E-state index is 10.9. The van der Waals surface area contributed by atoms with Gasteiger partial charge >= 0.3 is 0 Å². The lowest BCUT2D eigenvalue weighted by atomic mass is 10.1. The van der Waals surface area contributed by atoms with Gasteiger partial charge < -0.3 is 9.64 Å². The lowest BCUT2D eigenvalue weighted by molar-refractivity contribution is 0.0564. The molecule has 11 heavy (non-hydrogen) atoms. The van der Waals surface area contributed by atoms with E-state index in [0.717, 1.165) is 26.1 Å². The average molecular weight is 269 g/mol. The van der Waals surface area contributed by atoms with Crippen LogP contribution in [-0.4, -0.2) is 35.1 Å². The first-order valence-corrected chi connectivity index (χ1v) is 4.79. The zero-order valence-corrected chi connectivity index (χ0v) is 8.70. The molecule has 1 aliphatic rings. The van der Waals surface area contributed by atoms with Crippen LogP contribution in [0.25, 0.3) is 0 Å².